The number of piperazine rings is 1. The molecule has 1 aliphatic heterocycles. The van der Waals surface area contributed by atoms with Gasteiger partial charge in [0.2, 0.25) is 0 Å². The number of carbonyl (C=O) groups is 1. The molecule has 0 bridgehead atoms. The van der Waals surface area contributed by atoms with E-state index in [1.54, 1.807) is 0 Å². The first-order chi connectivity index (χ1) is 12.0. The van der Waals surface area contributed by atoms with Gasteiger partial charge in [0, 0.05) is 37.6 Å². The monoisotopic (exact) mass is 340 g/mol. The van der Waals surface area contributed by atoms with E-state index < -0.39 is 0 Å². The maximum Gasteiger partial charge on any atom is 0.337 e. The van der Waals surface area contributed by atoms with Crippen molar-refractivity contribution in [2.24, 2.45) is 0 Å². The Labute approximate surface area is 148 Å². The van der Waals surface area contributed by atoms with Crippen molar-refractivity contribution < 1.29 is 9.53 Å². The van der Waals surface area contributed by atoms with E-state index in [0.717, 1.165) is 42.5 Å². The van der Waals surface area contributed by atoms with Crippen LogP contribution >= 0.6 is 0 Å². The van der Waals surface area contributed by atoms with Gasteiger partial charge in [-0.1, -0.05) is 0 Å². The molecule has 1 aromatic carbocycles. The second kappa shape index (κ2) is 7.09. The topological polar surface area (TPSA) is 58.6 Å². The largest absolute Gasteiger partial charge is 0.465 e. The minimum Gasteiger partial charge on any atom is -0.465 e. The van der Waals surface area contributed by atoms with Gasteiger partial charge in [-0.3, -0.25) is 4.98 Å². The zero-order valence-electron chi connectivity index (χ0n) is 15.2. The summed E-state index contributed by atoms with van der Waals surface area (Å²) in [6, 6.07) is 7.91. The third-order valence-electron chi connectivity index (χ3n) is 4.60. The Morgan fingerprint density at radius 2 is 1.92 bits per heavy atom. The number of carbonyl (C=O) groups excluding carboxylic acids is 1. The molecule has 2 heterocycles. The van der Waals surface area contributed by atoms with E-state index >= 15 is 0 Å². The summed E-state index contributed by atoms with van der Waals surface area (Å²) in [6.07, 6.45) is 1.81. The van der Waals surface area contributed by atoms with Gasteiger partial charge in [0.05, 0.1) is 24.1 Å². The number of ether oxygens (including phenoxy) is 1. The van der Waals surface area contributed by atoms with Crippen LogP contribution in [0.5, 0.6) is 0 Å². The number of esters is 1. The molecule has 0 radical (unpaired) electrons. The first-order valence-corrected chi connectivity index (χ1v) is 8.50. The van der Waals surface area contributed by atoms with Crippen molar-refractivity contribution in [3.63, 3.8) is 0 Å². The van der Waals surface area contributed by atoms with Crippen molar-refractivity contribution in [3.8, 4) is 0 Å². The second-order valence-electron chi connectivity index (χ2n) is 6.45. The molecule has 3 rings (SSSR count). The molecule has 0 N–H and O–H groups in total. The maximum absolute atomic E-state index is 11.6. The molecule has 0 amide bonds. The van der Waals surface area contributed by atoms with Crippen LogP contribution in [0, 0.1) is 13.8 Å². The first-order valence-electron chi connectivity index (χ1n) is 8.50. The van der Waals surface area contributed by atoms with Crippen molar-refractivity contribution in [2.75, 3.05) is 36.5 Å². The molecule has 1 aliphatic rings. The highest BCUT2D eigenvalue weighted by Gasteiger charge is 2.26. The lowest BCUT2D eigenvalue weighted by molar-refractivity contribution is 0.0601. The Bertz CT molecular complexity index is 761. The highest BCUT2D eigenvalue weighted by molar-refractivity contribution is 5.89. The number of aryl methyl sites for hydroxylation is 2. The minimum atomic E-state index is -0.307. The van der Waals surface area contributed by atoms with E-state index in [9.17, 15) is 4.79 Å². The second-order valence-corrected chi connectivity index (χ2v) is 6.45. The van der Waals surface area contributed by atoms with Gasteiger partial charge in [-0.2, -0.15) is 0 Å². The number of nitrogens with zero attached hydrogens (tertiary/aromatic N) is 4. The SMILES string of the molecule is COC(=O)c1ccc(N2CCN(c3nc(C)cnc3C)C(C)C2)cc1. The van der Waals surface area contributed by atoms with Gasteiger partial charge >= 0.3 is 5.97 Å². The van der Waals surface area contributed by atoms with Gasteiger partial charge in [0.1, 0.15) is 0 Å². The van der Waals surface area contributed by atoms with Gasteiger partial charge in [-0.05, 0) is 45.0 Å². The minimum absolute atomic E-state index is 0.307. The molecular weight excluding hydrogens is 316 g/mol. The third-order valence-corrected chi connectivity index (χ3v) is 4.60. The molecule has 132 valence electrons. The summed E-state index contributed by atoms with van der Waals surface area (Å²) in [5, 5.41) is 0. The lowest BCUT2D eigenvalue weighted by Gasteiger charge is -2.42. The number of anilines is 2. The summed E-state index contributed by atoms with van der Waals surface area (Å²) in [6.45, 7) is 8.87. The molecule has 0 aliphatic carbocycles. The van der Waals surface area contributed by atoms with Gasteiger partial charge < -0.3 is 14.5 Å². The van der Waals surface area contributed by atoms with Crippen LogP contribution in [-0.2, 0) is 4.74 Å². The van der Waals surface area contributed by atoms with Crippen LogP contribution in [0.2, 0.25) is 0 Å². The van der Waals surface area contributed by atoms with Crippen molar-refractivity contribution in [2.45, 2.75) is 26.8 Å². The summed E-state index contributed by atoms with van der Waals surface area (Å²) in [5.74, 6) is 0.673. The average Bonchev–Trinajstić information content (AvgIpc) is 2.63. The summed E-state index contributed by atoms with van der Waals surface area (Å²) in [7, 11) is 1.40. The van der Waals surface area contributed by atoms with Crippen molar-refractivity contribution >= 4 is 17.5 Å². The molecule has 1 aromatic heterocycles. The van der Waals surface area contributed by atoms with Crippen LogP contribution < -0.4 is 9.80 Å². The highest BCUT2D eigenvalue weighted by atomic mass is 16.5. The molecule has 6 nitrogen and oxygen atoms in total. The Balaban J connectivity index is 1.73. The van der Waals surface area contributed by atoms with Crippen molar-refractivity contribution in [3.05, 3.63) is 47.4 Å². The summed E-state index contributed by atoms with van der Waals surface area (Å²) >= 11 is 0. The van der Waals surface area contributed by atoms with Crippen LogP contribution in [-0.4, -0.2) is 48.7 Å². The van der Waals surface area contributed by atoms with E-state index in [-0.39, 0.29) is 5.97 Å². The molecule has 1 unspecified atom stereocenters. The third kappa shape index (κ3) is 3.57. The van der Waals surface area contributed by atoms with Gasteiger partial charge in [0.15, 0.2) is 5.82 Å². The fraction of sp³-hybridized carbons (Fsp3) is 0.421. The average molecular weight is 340 g/mol. The molecule has 0 spiro atoms. The fourth-order valence-corrected chi connectivity index (χ4v) is 3.23. The van der Waals surface area contributed by atoms with E-state index in [4.69, 9.17) is 4.74 Å². The van der Waals surface area contributed by atoms with Crippen LogP contribution in [0.1, 0.15) is 28.7 Å². The van der Waals surface area contributed by atoms with E-state index in [1.165, 1.54) is 7.11 Å². The Kier molecular flexibility index (Phi) is 4.88. The van der Waals surface area contributed by atoms with E-state index in [2.05, 4.69) is 26.7 Å². The summed E-state index contributed by atoms with van der Waals surface area (Å²) in [5.41, 5.74) is 3.59. The number of methoxy groups -OCH3 is 1. The molecule has 6 heteroatoms. The zero-order valence-corrected chi connectivity index (χ0v) is 15.2. The predicted molar refractivity (Wildman–Crippen MR) is 98.3 cm³/mol. The Morgan fingerprint density at radius 3 is 2.56 bits per heavy atom. The van der Waals surface area contributed by atoms with Gasteiger partial charge in [0.25, 0.3) is 0 Å². The smallest absolute Gasteiger partial charge is 0.337 e. The molecule has 1 saturated heterocycles. The first kappa shape index (κ1) is 17.2. The molecule has 2 aromatic rings. The van der Waals surface area contributed by atoms with Gasteiger partial charge in [-0.25, -0.2) is 9.78 Å². The normalized spacial score (nSPS) is 17.5. The van der Waals surface area contributed by atoms with Crippen molar-refractivity contribution in [1.82, 2.24) is 9.97 Å². The summed E-state index contributed by atoms with van der Waals surface area (Å²) < 4.78 is 4.75. The molecular formula is C19H24N4O2. The molecule has 1 atom stereocenters. The Morgan fingerprint density at radius 1 is 1.20 bits per heavy atom. The quantitative estimate of drug-likeness (QED) is 0.801. The number of hydrogen-bond donors (Lipinski definition) is 0. The highest BCUT2D eigenvalue weighted by Crippen LogP contribution is 2.25. The van der Waals surface area contributed by atoms with Crippen LogP contribution in [0.4, 0.5) is 11.5 Å². The van der Waals surface area contributed by atoms with E-state index in [0.29, 0.717) is 11.6 Å². The predicted octanol–water partition coefficient (Wildman–Crippen LogP) is 2.60. The number of aromatic nitrogens is 2. The lowest BCUT2D eigenvalue weighted by atomic mass is 10.1. The van der Waals surface area contributed by atoms with Crippen molar-refractivity contribution in [1.29, 1.82) is 0 Å². The number of hydrogen-bond acceptors (Lipinski definition) is 6. The van der Waals surface area contributed by atoms with E-state index in [1.807, 2.05) is 44.3 Å². The van der Waals surface area contributed by atoms with Crippen LogP contribution in [0.3, 0.4) is 0 Å². The standard InChI is InChI=1S/C19H24N4O2/c1-13-11-20-15(3)18(21-13)23-10-9-22(12-14(23)2)17-7-5-16(6-8-17)19(24)25-4/h5-8,11,14H,9-10,12H2,1-4H3. The zero-order chi connectivity index (χ0) is 18.0. The van der Waals surface area contributed by atoms with Crippen LogP contribution in [0.25, 0.3) is 0 Å². The number of benzene rings is 1. The lowest BCUT2D eigenvalue weighted by Crippen LogP contribution is -2.52. The van der Waals surface area contributed by atoms with Crippen LogP contribution in [0.15, 0.2) is 30.5 Å². The molecule has 1 fully saturated rings. The summed E-state index contributed by atoms with van der Waals surface area (Å²) in [4.78, 5) is 25.3. The molecule has 25 heavy (non-hydrogen) atoms. The number of rotatable bonds is 3. The molecule has 0 saturated carbocycles. The van der Waals surface area contributed by atoms with Gasteiger partial charge in [-0.15, -0.1) is 0 Å². The maximum atomic E-state index is 11.6. The fourth-order valence-electron chi connectivity index (χ4n) is 3.23. The Hall–Kier alpha value is -2.63.